The van der Waals surface area contributed by atoms with E-state index in [-0.39, 0.29) is 18.0 Å². The second-order valence-electron chi connectivity index (χ2n) is 6.66. The molecule has 1 aromatic rings. The van der Waals surface area contributed by atoms with Gasteiger partial charge in [-0.2, -0.15) is 0 Å². The molecule has 2 atom stereocenters. The number of carbonyl (C=O) groups excluding carboxylic acids is 2. The zero-order valence-electron chi connectivity index (χ0n) is 13.7. The molecular weight excluding hydrogens is 290 g/mol. The van der Waals surface area contributed by atoms with Gasteiger partial charge in [0, 0.05) is 30.4 Å². The van der Waals surface area contributed by atoms with Gasteiger partial charge in [-0.1, -0.05) is 19.8 Å². The average molecular weight is 315 g/mol. The highest BCUT2D eigenvalue weighted by atomic mass is 16.2. The summed E-state index contributed by atoms with van der Waals surface area (Å²) in [5.74, 6) is 0.716. The first kappa shape index (κ1) is 15.8. The fourth-order valence-corrected chi connectivity index (χ4v) is 3.51. The van der Waals surface area contributed by atoms with Crippen LogP contribution in [0.1, 0.15) is 45.4 Å². The molecule has 124 valence electrons. The molecular formula is C18H25N3O2. The molecule has 1 aliphatic heterocycles. The molecule has 1 aliphatic carbocycles. The van der Waals surface area contributed by atoms with Gasteiger partial charge >= 0.3 is 6.03 Å². The lowest BCUT2D eigenvalue weighted by molar-refractivity contribution is -0.117. The van der Waals surface area contributed by atoms with Gasteiger partial charge in [0.25, 0.3) is 0 Å². The van der Waals surface area contributed by atoms with Crippen molar-refractivity contribution >= 4 is 23.3 Å². The molecule has 0 aromatic heterocycles. The van der Waals surface area contributed by atoms with Gasteiger partial charge in [0.2, 0.25) is 5.91 Å². The fourth-order valence-electron chi connectivity index (χ4n) is 3.51. The fraction of sp³-hybridized carbons (Fsp3) is 0.556. The van der Waals surface area contributed by atoms with Gasteiger partial charge in [-0.3, -0.25) is 4.79 Å². The highest BCUT2D eigenvalue weighted by Crippen LogP contribution is 2.25. The summed E-state index contributed by atoms with van der Waals surface area (Å²) in [6.45, 7) is 2.98. The van der Waals surface area contributed by atoms with Crippen molar-refractivity contribution in [3.05, 3.63) is 24.3 Å². The normalized spacial score (nSPS) is 24.6. The molecule has 2 N–H and O–H groups in total. The van der Waals surface area contributed by atoms with E-state index in [2.05, 4.69) is 17.6 Å². The maximum absolute atomic E-state index is 12.1. The number of nitrogens with zero attached hydrogens (tertiary/aromatic N) is 1. The number of urea groups is 1. The Morgan fingerprint density at radius 1 is 1.13 bits per heavy atom. The Labute approximate surface area is 137 Å². The second kappa shape index (κ2) is 7.02. The molecule has 1 saturated heterocycles. The van der Waals surface area contributed by atoms with Crippen LogP contribution >= 0.6 is 0 Å². The maximum Gasteiger partial charge on any atom is 0.319 e. The average Bonchev–Trinajstić information content (AvgIpc) is 2.96. The lowest BCUT2D eigenvalue weighted by Crippen LogP contribution is -2.43. The first-order valence-electron chi connectivity index (χ1n) is 8.61. The predicted molar refractivity (Wildman–Crippen MR) is 91.6 cm³/mol. The number of rotatable bonds is 3. The molecule has 0 spiro atoms. The zero-order chi connectivity index (χ0) is 16.2. The van der Waals surface area contributed by atoms with E-state index in [1.54, 1.807) is 4.90 Å². The Balaban J connectivity index is 1.55. The van der Waals surface area contributed by atoms with Crippen molar-refractivity contribution in [1.82, 2.24) is 5.32 Å². The van der Waals surface area contributed by atoms with Gasteiger partial charge in [-0.05, 0) is 49.4 Å². The summed E-state index contributed by atoms with van der Waals surface area (Å²) in [7, 11) is 0. The van der Waals surface area contributed by atoms with Crippen LogP contribution in [0.25, 0.3) is 0 Å². The molecule has 1 heterocycles. The number of benzene rings is 1. The van der Waals surface area contributed by atoms with E-state index in [9.17, 15) is 9.59 Å². The van der Waals surface area contributed by atoms with Crippen LogP contribution in [0.3, 0.4) is 0 Å². The molecule has 2 aliphatic rings. The minimum atomic E-state index is -0.145. The summed E-state index contributed by atoms with van der Waals surface area (Å²) in [6, 6.07) is 7.61. The van der Waals surface area contributed by atoms with Gasteiger partial charge in [0.15, 0.2) is 0 Å². The molecule has 3 rings (SSSR count). The van der Waals surface area contributed by atoms with Crippen molar-refractivity contribution in [3.8, 4) is 0 Å². The van der Waals surface area contributed by atoms with Crippen molar-refractivity contribution in [3.63, 3.8) is 0 Å². The monoisotopic (exact) mass is 315 g/mol. The highest BCUT2D eigenvalue weighted by Gasteiger charge is 2.23. The Morgan fingerprint density at radius 2 is 1.87 bits per heavy atom. The molecule has 0 radical (unpaired) electrons. The van der Waals surface area contributed by atoms with Gasteiger partial charge in [0.1, 0.15) is 0 Å². The number of hydrogen-bond donors (Lipinski definition) is 2. The molecule has 5 heteroatoms. The summed E-state index contributed by atoms with van der Waals surface area (Å²) in [5.41, 5.74) is 1.65. The van der Waals surface area contributed by atoms with Crippen LogP contribution < -0.4 is 15.5 Å². The third kappa shape index (κ3) is 3.84. The minimum absolute atomic E-state index is 0.145. The summed E-state index contributed by atoms with van der Waals surface area (Å²) in [6.07, 6.45) is 6.24. The van der Waals surface area contributed by atoms with Crippen LogP contribution in [-0.4, -0.2) is 24.5 Å². The van der Waals surface area contributed by atoms with Crippen molar-refractivity contribution in [2.24, 2.45) is 5.92 Å². The van der Waals surface area contributed by atoms with Crippen LogP contribution in [0.4, 0.5) is 16.2 Å². The SMILES string of the molecule is CC1CCCCC1NC(=O)Nc1ccc(N2CCCC2=O)cc1. The summed E-state index contributed by atoms with van der Waals surface area (Å²) in [4.78, 5) is 25.7. The third-order valence-electron chi connectivity index (χ3n) is 4.94. The van der Waals surface area contributed by atoms with Crippen LogP contribution in [0.15, 0.2) is 24.3 Å². The van der Waals surface area contributed by atoms with E-state index >= 15 is 0 Å². The first-order chi connectivity index (χ1) is 11.1. The molecule has 1 saturated carbocycles. The molecule has 2 unspecified atom stereocenters. The van der Waals surface area contributed by atoms with E-state index < -0.39 is 0 Å². The number of anilines is 2. The van der Waals surface area contributed by atoms with Gasteiger partial charge < -0.3 is 15.5 Å². The molecule has 2 fully saturated rings. The minimum Gasteiger partial charge on any atom is -0.335 e. The van der Waals surface area contributed by atoms with Crippen LogP contribution in [-0.2, 0) is 4.79 Å². The second-order valence-corrected chi connectivity index (χ2v) is 6.66. The van der Waals surface area contributed by atoms with E-state index in [1.165, 1.54) is 19.3 Å². The van der Waals surface area contributed by atoms with Gasteiger partial charge in [-0.25, -0.2) is 4.79 Å². The number of nitrogens with one attached hydrogen (secondary N) is 2. The van der Waals surface area contributed by atoms with Crippen LogP contribution in [0.2, 0.25) is 0 Å². The molecule has 3 amide bonds. The summed E-state index contributed by atoms with van der Waals surface area (Å²) < 4.78 is 0. The molecule has 5 nitrogen and oxygen atoms in total. The highest BCUT2D eigenvalue weighted by molar-refractivity contribution is 5.96. The summed E-state index contributed by atoms with van der Waals surface area (Å²) in [5, 5.41) is 5.96. The van der Waals surface area contributed by atoms with Gasteiger partial charge in [0.05, 0.1) is 0 Å². The van der Waals surface area contributed by atoms with Crippen LogP contribution in [0, 0.1) is 5.92 Å². The van der Waals surface area contributed by atoms with Crippen molar-refractivity contribution < 1.29 is 9.59 Å². The Hall–Kier alpha value is -2.04. The number of carbonyl (C=O) groups is 2. The topological polar surface area (TPSA) is 61.4 Å². The van der Waals surface area contributed by atoms with Crippen LogP contribution in [0.5, 0.6) is 0 Å². The molecule has 0 bridgehead atoms. The predicted octanol–water partition coefficient (Wildman–Crippen LogP) is 3.51. The van der Waals surface area contributed by atoms with E-state index in [1.807, 2.05) is 24.3 Å². The van der Waals surface area contributed by atoms with E-state index in [4.69, 9.17) is 0 Å². The number of amides is 3. The number of hydrogen-bond acceptors (Lipinski definition) is 2. The Bertz CT molecular complexity index is 570. The van der Waals surface area contributed by atoms with E-state index in [0.717, 1.165) is 30.8 Å². The largest absolute Gasteiger partial charge is 0.335 e. The molecule has 23 heavy (non-hydrogen) atoms. The van der Waals surface area contributed by atoms with Crippen molar-refractivity contribution in [1.29, 1.82) is 0 Å². The molecule has 1 aromatic carbocycles. The third-order valence-corrected chi connectivity index (χ3v) is 4.94. The Morgan fingerprint density at radius 3 is 2.52 bits per heavy atom. The quantitative estimate of drug-likeness (QED) is 0.896. The van der Waals surface area contributed by atoms with Gasteiger partial charge in [-0.15, -0.1) is 0 Å². The van der Waals surface area contributed by atoms with Crippen molar-refractivity contribution in [2.45, 2.75) is 51.5 Å². The lowest BCUT2D eigenvalue weighted by atomic mass is 9.86. The maximum atomic E-state index is 12.1. The Kier molecular flexibility index (Phi) is 4.84. The lowest BCUT2D eigenvalue weighted by Gasteiger charge is -2.29. The standard InChI is InChI=1S/C18H25N3O2/c1-13-5-2-3-6-16(13)20-18(23)19-14-8-10-15(11-9-14)21-12-4-7-17(21)22/h8-11,13,16H,2-7,12H2,1H3,(H2,19,20,23). The van der Waals surface area contributed by atoms with E-state index in [0.29, 0.717) is 12.3 Å². The smallest absolute Gasteiger partial charge is 0.319 e. The first-order valence-corrected chi connectivity index (χ1v) is 8.61. The summed E-state index contributed by atoms with van der Waals surface area (Å²) >= 11 is 0. The van der Waals surface area contributed by atoms with Crippen molar-refractivity contribution in [2.75, 3.05) is 16.8 Å². The zero-order valence-corrected chi connectivity index (χ0v) is 13.7.